The van der Waals surface area contributed by atoms with Crippen LogP contribution in [0.15, 0.2) is 30.3 Å². The Hall–Kier alpha value is -1.47. The van der Waals surface area contributed by atoms with Crippen LogP contribution in [-0.4, -0.2) is 80.0 Å². The fourth-order valence-corrected chi connectivity index (χ4v) is 4.01. The molecule has 1 amide bonds. The summed E-state index contributed by atoms with van der Waals surface area (Å²) < 4.78 is 17.1. The first kappa shape index (κ1) is 17.0. The van der Waals surface area contributed by atoms with E-state index in [-0.39, 0.29) is 11.4 Å². The Balaban J connectivity index is 1.42. The quantitative estimate of drug-likeness (QED) is 0.814. The highest BCUT2D eigenvalue weighted by Crippen LogP contribution is 2.30. The van der Waals surface area contributed by atoms with Crippen molar-refractivity contribution >= 4 is 5.91 Å². The van der Waals surface area contributed by atoms with Gasteiger partial charge in [0.2, 0.25) is 0 Å². The molecule has 1 spiro atoms. The minimum absolute atomic E-state index is 0.0894. The van der Waals surface area contributed by atoms with Gasteiger partial charge in [-0.15, -0.1) is 0 Å². The Morgan fingerprint density at radius 2 is 1.88 bits per heavy atom. The highest BCUT2D eigenvalue weighted by Gasteiger charge is 2.47. The van der Waals surface area contributed by atoms with E-state index in [0.717, 1.165) is 19.5 Å². The van der Waals surface area contributed by atoms with Crippen molar-refractivity contribution in [3.63, 3.8) is 0 Å². The molecule has 0 N–H and O–H groups in total. The third-order valence-electron chi connectivity index (χ3n) is 5.43. The van der Waals surface area contributed by atoms with Crippen molar-refractivity contribution in [3.05, 3.63) is 35.9 Å². The Labute approximate surface area is 148 Å². The number of morpholine rings is 2. The number of hydrogen-bond acceptors (Lipinski definition) is 5. The van der Waals surface area contributed by atoms with Crippen LogP contribution < -0.4 is 0 Å². The summed E-state index contributed by atoms with van der Waals surface area (Å²) in [5, 5.41) is 0. The van der Waals surface area contributed by atoms with E-state index in [0.29, 0.717) is 46.1 Å². The van der Waals surface area contributed by atoms with E-state index >= 15 is 0 Å². The average molecular weight is 346 g/mol. The number of hydrogen-bond donors (Lipinski definition) is 0. The molecule has 6 heteroatoms. The first-order valence-electron chi connectivity index (χ1n) is 9.12. The van der Waals surface area contributed by atoms with Crippen molar-refractivity contribution in [2.45, 2.75) is 24.6 Å². The van der Waals surface area contributed by atoms with Gasteiger partial charge in [-0.05, 0) is 12.0 Å². The average Bonchev–Trinajstić information content (AvgIpc) is 3.11. The molecular formula is C19H26N2O4. The van der Waals surface area contributed by atoms with Crippen LogP contribution >= 0.6 is 0 Å². The molecule has 25 heavy (non-hydrogen) atoms. The SMILES string of the molecule is O=C(C1CN(Cc2ccccc2)CCO1)N1CCOCC12CCOC2. The summed E-state index contributed by atoms with van der Waals surface area (Å²) in [7, 11) is 0. The van der Waals surface area contributed by atoms with Crippen LogP contribution in [0.2, 0.25) is 0 Å². The van der Waals surface area contributed by atoms with Crippen LogP contribution in [0.3, 0.4) is 0 Å². The molecule has 3 fully saturated rings. The van der Waals surface area contributed by atoms with Crippen molar-refractivity contribution in [1.82, 2.24) is 9.80 Å². The lowest BCUT2D eigenvalue weighted by molar-refractivity contribution is -0.166. The number of benzene rings is 1. The Morgan fingerprint density at radius 1 is 1.08 bits per heavy atom. The lowest BCUT2D eigenvalue weighted by atomic mass is 9.95. The summed E-state index contributed by atoms with van der Waals surface area (Å²) >= 11 is 0. The fraction of sp³-hybridized carbons (Fsp3) is 0.632. The molecule has 1 aromatic rings. The molecule has 0 saturated carbocycles. The maximum atomic E-state index is 13.2. The van der Waals surface area contributed by atoms with Gasteiger partial charge in [0, 0.05) is 32.8 Å². The van der Waals surface area contributed by atoms with Gasteiger partial charge in [-0.25, -0.2) is 0 Å². The number of carbonyl (C=O) groups excluding carboxylic acids is 1. The summed E-state index contributed by atoms with van der Waals surface area (Å²) in [6, 6.07) is 10.4. The van der Waals surface area contributed by atoms with Gasteiger partial charge < -0.3 is 19.1 Å². The summed E-state index contributed by atoms with van der Waals surface area (Å²) in [4.78, 5) is 17.5. The van der Waals surface area contributed by atoms with Crippen LogP contribution in [0.1, 0.15) is 12.0 Å². The zero-order valence-corrected chi connectivity index (χ0v) is 14.6. The second kappa shape index (κ2) is 7.41. The molecule has 0 aliphatic carbocycles. The predicted octanol–water partition coefficient (Wildman–Crippen LogP) is 0.905. The van der Waals surface area contributed by atoms with Crippen molar-refractivity contribution < 1.29 is 19.0 Å². The zero-order valence-electron chi connectivity index (χ0n) is 14.6. The van der Waals surface area contributed by atoms with Gasteiger partial charge in [0.25, 0.3) is 5.91 Å². The van der Waals surface area contributed by atoms with E-state index in [1.807, 2.05) is 11.0 Å². The van der Waals surface area contributed by atoms with Gasteiger partial charge in [0.1, 0.15) is 6.10 Å². The molecule has 0 aromatic heterocycles. The maximum Gasteiger partial charge on any atom is 0.253 e. The summed E-state index contributed by atoms with van der Waals surface area (Å²) in [5.74, 6) is 0.0894. The molecule has 4 rings (SSSR count). The largest absolute Gasteiger partial charge is 0.379 e. The highest BCUT2D eigenvalue weighted by molar-refractivity contribution is 5.82. The first-order valence-corrected chi connectivity index (χ1v) is 9.12. The normalized spacial score (nSPS) is 30.7. The second-order valence-corrected chi connectivity index (χ2v) is 7.15. The second-order valence-electron chi connectivity index (χ2n) is 7.15. The third kappa shape index (κ3) is 3.58. The zero-order chi connectivity index (χ0) is 17.1. The van der Waals surface area contributed by atoms with E-state index in [1.165, 1.54) is 5.56 Å². The van der Waals surface area contributed by atoms with Gasteiger partial charge in [-0.1, -0.05) is 30.3 Å². The summed E-state index contributed by atoms with van der Waals surface area (Å²) in [6.45, 7) is 5.99. The predicted molar refractivity (Wildman–Crippen MR) is 92.2 cm³/mol. The number of carbonyl (C=O) groups is 1. The van der Waals surface area contributed by atoms with E-state index in [1.54, 1.807) is 0 Å². The molecule has 136 valence electrons. The molecule has 1 aromatic carbocycles. The number of rotatable bonds is 3. The first-order chi connectivity index (χ1) is 12.3. The Kier molecular flexibility index (Phi) is 5.03. The molecule has 0 radical (unpaired) electrons. The molecule has 3 heterocycles. The van der Waals surface area contributed by atoms with Crippen LogP contribution in [0.4, 0.5) is 0 Å². The number of amides is 1. The van der Waals surface area contributed by atoms with Gasteiger partial charge in [-0.2, -0.15) is 0 Å². The smallest absolute Gasteiger partial charge is 0.253 e. The van der Waals surface area contributed by atoms with Gasteiger partial charge in [0.15, 0.2) is 0 Å². The monoisotopic (exact) mass is 346 g/mol. The number of nitrogens with zero attached hydrogens (tertiary/aromatic N) is 2. The molecule has 2 unspecified atom stereocenters. The molecule has 3 aliphatic rings. The minimum atomic E-state index is -0.395. The van der Waals surface area contributed by atoms with Crippen LogP contribution in [0, 0.1) is 0 Å². The van der Waals surface area contributed by atoms with Gasteiger partial charge >= 0.3 is 0 Å². The minimum Gasteiger partial charge on any atom is -0.379 e. The molecule has 2 atom stereocenters. The van der Waals surface area contributed by atoms with Gasteiger partial charge in [0.05, 0.1) is 32.0 Å². The third-order valence-corrected chi connectivity index (χ3v) is 5.43. The van der Waals surface area contributed by atoms with E-state index in [9.17, 15) is 4.79 Å². The van der Waals surface area contributed by atoms with Crippen molar-refractivity contribution in [3.8, 4) is 0 Å². The Bertz CT molecular complexity index is 588. The molecular weight excluding hydrogens is 320 g/mol. The number of ether oxygens (including phenoxy) is 3. The maximum absolute atomic E-state index is 13.2. The van der Waals surface area contributed by atoms with E-state index in [4.69, 9.17) is 14.2 Å². The van der Waals surface area contributed by atoms with Crippen molar-refractivity contribution in [1.29, 1.82) is 0 Å². The molecule has 0 bridgehead atoms. The highest BCUT2D eigenvalue weighted by atomic mass is 16.5. The molecule has 3 saturated heterocycles. The fourth-order valence-electron chi connectivity index (χ4n) is 4.01. The van der Waals surface area contributed by atoms with Crippen molar-refractivity contribution in [2.24, 2.45) is 0 Å². The van der Waals surface area contributed by atoms with Crippen LogP contribution in [0.5, 0.6) is 0 Å². The van der Waals surface area contributed by atoms with Gasteiger partial charge in [-0.3, -0.25) is 9.69 Å². The topological polar surface area (TPSA) is 51.2 Å². The van der Waals surface area contributed by atoms with Crippen LogP contribution in [0.25, 0.3) is 0 Å². The Morgan fingerprint density at radius 3 is 2.68 bits per heavy atom. The summed E-state index contributed by atoms with van der Waals surface area (Å²) in [5.41, 5.74) is 0.975. The van der Waals surface area contributed by atoms with Crippen LogP contribution in [-0.2, 0) is 25.5 Å². The van der Waals surface area contributed by atoms with E-state index in [2.05, 4.69) is 29.2 Å². The standard InChI is InChI=1S/C19H26N2O4/c22-18(21-8-10-24-15-19(21)6-9-23-14-19)17-13-20(7-11-25-17)12-16-4-2-1-3-5-16/h1-5,17H,6-15H2. The summed E-state index contributed by atoms with van der Waals surface area (Å²) in [6.07, 6.45) is 0.451. The van der Waals surface area contributed by atoms with E-state index < -0.39 is 6.10 Å². The molecule has 3 aliphatic heterocycles. The molecule has 6 nitrogen and oxygen atoms in total. The van der Waals surface area contributed by atoms with Crippen molar-refractivity contribution in [2.75, 3.05) is 52.7 Å². The lowest BCUT2D eigenvalue weighted by Crippen LogP contribution is -2.63. The lowest BCUT2D eigenvalue weighted by Gasteiger charge is -2.45.